The van der Waals surface area contributed by atoms with Crippen molar-refractivity contribution in [3.8, 4) is 0 Å². The van der Waals surface area contributed by atoms with Crippen LogP contribution in [0.15, 0.2) is 0 Å². The van der Waals surface area contributed by atoms with E-state index in [4.69, 9.17) is 4.74 Å². The molecule has 84 valence electrons. The predicted molar refractivity (Wildman–Crippen MR) is 59.6 cm³/mol. The Morgan fingerprint density at radius 1 is 1.43 bits per heavy atom. The normalized spacial score (nSPS) is 22.1. The van der Waals surface area contributed by atoms with Crippen LogP contribution < -0.4 is 5.32 Å². The average Bonchev–Trinajstić information content (AvgIpc) is 2.71. The van der Waals surface area contributed by atoms with E-state index < -0.39 is 0 Å². The maximum absolute atomic E-state index is 5.35. The van der Waals surface area contributed by atoms with Gasteiger partial charge in [0.25, 0.3) is 0 Å². The molecule has 1 saturated heterocycles. The monoisotopic (exact) mass is 200 g/mol. The molecule has 1 N–H and O–H groups in total. The van der Waals surface area contributed by atoms with Crippen LogP contribution >= 0.6 is 0 Å². The minimum atomic E-state index is 0.765. The van der Waals surface area contributed by atoms with Gasteiger partial charge < -0.3 is 10.1 Å². The molecule has 1 aliphatic heterocycles. The lowest BCUT2D eigenvalue weighted by Gasteiger charge is -2.26. The summed E-state index contributed by atoms with van der Waals surface area (Å²) in [5.74, 6) is 0. The summed E-state index contributed by atoms with van der Waals surface area (Å²) < 4.78 is 5.35. The second-order valence-corrected chi connectivity index (χ2v) is 3.83. The van der Waals surface area contributed by atoms with Gasteiger partial charge in [0.05, 0.1) is 0 Å². The molecule has 0 amide bonds. The third-order valence-corrected chi connectivity index (χ3v) is 2.90. The van der Waals surface area contributed by atoms with Gasteiger partial charge in [-0.05, 0) is 32.9 Å². The molecule has 0 aromatic heterocycles. The van der Waals surface area contributed by atoms with Crippen molar-refractivity contribution in [1.82, 2.24) is 10.2 Å². The molecule has 0 aromatic carbocycles. The fourth-order valence-electron chi connectivity index (χ4n) is 2.06. The molecule has 0 radical (unpaired) electrons. The molecule has 1 aliphatic rings. The second kappa shape index (κ2) is 7.21. The molecule has 14 heavy (non-hydrogen) atoms. The van der Waals surface area contributed by atoms with E-state index in [9.17, 15) is 0 Å². The van der Waals surface area contributed by atoms with Crippen molar-refractivity contribution in [3.63, 3.8) is 0 Å². The Morgan fingerprint density at radius 2 is 2.29 bits per heavy atom. The molecule has 1 unspecified atom stereocenters. The maximum Gasteiger partial charge on any atom is 0.0478 e. The van der Waals surface area contributed by atoms with Crippen LogP contribution in [0.4, 0.5) is 0 Å². The van der Waals surface area contributed by atoms with E-state index in [0.717, 1.165) is 25.7 Å². The van der Waals surface area contributed by atoms with Crippen molar-refractivity contribution >= 4 is 0 Å². The number of hydrogen-bond donors (Lipinski definition) is 1. The van der Waals surface area contributed by atoms with Crippen molar-refractivity contribution in [3.05, 3.63) is 0 Å². The number of ether oxygens (including phenoxy) is 1. The maximum atomic E-state index is 5.35. The number of nitrogens with one attached hydrogen (secondary N) is 1. The van der Waals surface area contributed by atoms with Crippen molar-refractivity contribution in [1.29, 1.82) is 0 Å². The quantitative estimate of drug-likeness (QED) is 0.623. The highest BCUT2D eigenvalue weighted by Gasteiger charge is 2.20. The average molecular weight is 200 g/mol. The van der Waals surface area contributed by atoms with E-state index in [1.54, 1.807) is 0 Å². The van der Waals surface area contributed by atoms with Crippen molar-refractivity contribution in [2.75, 3.05) is 39.4 Å². The van der Waals surface area contributed by atoms with Gasteiger partial charge in [0, 0.05) is 32.3 Å². The molecule has 0 saturated carbocycles. The van der Waals surface area contributed by atoms with E-state index in [1.807, 2.05) is 0 Å². The van der Waals surface area contributed by atoms with Crippen molar-refractivity contribution in [2.24, 2.45) is 0 Å². The first-order valence-electron chi connectivity index (χ1n) is 5.91. The Hall–Kier alpha value is -0.120. The van der Waals surface area contributed by atoms with Crippen LogP contribution in [0.2, 0.25) is 0 Å². The Kier molecular flexibility index (Phi) is 6.15. The molecular formula is C11H24N2O. The summed E-state index contributed by atoms with van der Waals surface area (Å²) in [5.41, 5.74) is 0. The molecule has 0 spiro atoms. The fraction of sp³-hybridized carbons (Fsp3) is 1.00. The Labute approximate surface area is 87.8 Å². The van der Waals surface area contributed by atoms with Crippen LogP contribution in [0, 0.1) is 0 Å². The van der Waals surface area contributed by atoms with Gasteiger partial charge in [-0.3, -0.25) is 4.90 Å². The highest BCUT2D eigenvalue weighted by Crippen LogP contribution is 2.08. The number of nitrogens with zero attached hydrogens (tertiary/aromatic N) is 1. The smallest absolute Gasteiger partial charge is 0.0478 e. The lowest BCUT2D eigenvalue weighted by molar-refractivity contribution is 0.124. The van der Waals surface area contributed by atoms with Crippen LogP contribution in [-0.2, 0) is 4.74 Å². The van der Waals surface area contributed by atoms with Gasteiger partial charge in [0.15, 0.2) is 0 Å². The SMILES string of the molecule is CCOCCCN(CC)C1CCNC1. The Morgan fingerprint density at radius 3 is 2.86 bits per heavy atom. The van der Waals surface area contributed by atoms with Crippen LogP contribution in [0.1, 0.15) is 26.7 Å². The molecule has 0 bridgehead atoms. The van der Waals surface area contributed by atoms with Crippen LogP contribution in [-0.4, -0.2) is 50.3 Å². The Balaban J connectivity index is 2.11. The molecule has 1 heterocycles. The number of rotatable bonds is 7. The van der Waals surface area contributed by atoms with Gasteiger partial charge in [-0.15, -0.1) is 0 Å². The summed E-state index contributed by atoms with van der Waals surface area (Å²) in [6.45, 7) is 10.8. The molecule has 0 aromatic rings. The summed E-state index contributed by atoms with van der Waals surface area (Å²) in [6, 6.07) is 0.765. The van der Waals surface area contributed by atoms with E-state index in [0.29, 0.717) is 0 Å². The van der Waals surface area contributed by atoms with E-state index in [-0.39, 0.29) is 0 Å². The number of hydrogen-bond acceptors (Lipinski definition) is 3. The first-order chi connectivity index (χ1) is 6.88. The molecular weight excluding hydrogens is 176 g/mol. The molecule has 0 aliphatic carbocycles. The highest BCUT2D eigenvalue weighted by atomic mass is 16.5. The molecule has 1 atom stereocenters. The van der Waals surface area contributed by atoms with Crippen molar-refractivity contribution < 1.29 is 4.74 Å². The standard InChI is InChI=1S/C11H24N2O/c1-3-13(8-5-9-14-4-2)11-6-7-12-10-11/h11-12H,3-10H2,1-2H3. The highest BCUT2D eigenvalue weighted by molar-refractivity contribution is 4.79. The van der Waals surface area contributed by atoms with E-state index >= 15 is 0 Å². The van der Waals surface area contributed by atoms with Crippen molar-refractivity contribution in [2.45, 2.75) is 32.7 Å². The van der Waals surface area contributed by atoms with Gasteiger partial charge in [-0.25, -0.2) is 0 Å². The third-order valence-electron chi connectivity index (χ3n) is 2.90. The zero-order valence-corrected chi connectivity index (χ0v) is 9.59. The minimum absolute atomic E-state index is 0.765. The fourth-order valence-corrected chi connectivity index (χ4v) is 2.06. The molecule has 3 nitrogen and oxygen atoms in total. The van der Waals surface area contributed by atoms with Gasteiger partial charge in [-0.2, -0.15) is 0 Å². The predicted octanol–water partition coefficient (Wildman–Crippen LogP) is 1.10. The largest absolute Gasteiger partial charge is 0.382 e. The van der Waals surface area contributed by atoms with Gasteiger partial charge in [-0.1, -0.05) is 6.92 Å². The van der Waals surface area contributed by atoms with Gasteiger partial charge >= 0.3 is 0 Å². The summed E-state index contributed by atoms with van der Waals surface area (Å²) in [6.07, 6.45) is 2.47. The number of likely N-dealkylation sites (N-methyl/N-ethyl adjacent to an activating group) is 1. The summed E-state index contributed by atoms with van der Waals surface area (Å²) in [4.78, 5) is 2.57. The van der Waals surface area contributed by atoms with E-state index in [2.05, 4.69) is 24.1 Å². The molecule has 1 fully saturated rings. The topological polar surface area (TPSA) is 24.5 Å². The summed E-state index contributed by atoms with van der Waals surface area (Å²) in [7, 11) is 0. The van der Waals surface area contributed by atoms with Gasteiger partial charge in [0.2, 0.25) is 0 Å². The first kappa shape index (κ1) is 12.0. The van der Waals surface area contributed by atoms with E-state index in [1.165, 1.54) is 32.6 Å². The lowest BCUT2D eigenvalue weighted by Crippen LogP contribution is -2.37. The Bertz CT molecular complexity index is 135. The molecule has 1 rings (SSSR count). The third kappa shape index (κ3) is 3.95. The second-order valence-electron chi connectivity index (χ2n) is 3.83. The van der Waals surface area contributed by atoms with Crippen LogP contribution in [0.25, 0.3) is 0 Å². The summed E-state index contributed by atoms with van der Waals surface area (Å²) >= 11 is 0. The zero-order chi connectivity index (χ0) is 10.2. The molecule has 3 heteroatoms. The lowest BCUT2D eigenvalue weighted by atomic mass is 10.2. The first-order valence-corrected chi connectivity index (χ1v) is 5.91. The van der Waals surface area contributed by atoms with Crippen LogP contribution in [0.3, 0.4) is 0 Å². The summed E-state index contributed by atoms with van der Waals surface area (Å²) in [5, 5.41) is 3.42. The minimum Gasteiger partial charge on any atom is -0.382 e. The van der Waals surface area contributed by atoms with Gasteiger partial charge in [0.1, 0.15) is 0 Å². The zero-order valence-electron chi connectivity index (χ0n) is 9.59. The van der Waals surface area contributed by atoms with Crippen LogP contribution in [0.5, 0.6) is 0 Å².